The van der Waals surface area contributed by atoms with Crippen LogP contribution >= 0.6 is 11.8 Å². The minimum absolute atomic E-state index is 0.0739. The van der Waals surface area contributed by atoms with Gasteiger partial charge in [-0.2, -0.15) is 0 Å². The molecule has 33 heavy (non-hydrogen) atoms. The van der Waals surface area contributed by atoms with Crippen molar-refractivity contribution < 1.29 is 23.8 Å². The second-order valence-corrected chi connectivity index (χ2v) is 8.63. The number of hydrogen-bond donors (Lipinski definition) is 0. The first-order chi connectivity index (χ1) is 16.0. The first kappa shape index (κ1) is 22.9. The van der Waals surface area contributed by atoms with Crippen LogP contribution in [-0.4, -0.2) is 41.4 Å². The number of allylic oxidation sites excluding steroid dienone is 1. The molecule has 0 unspecified atom stereocenters. The molecule has 7 nitrogen and oxygen atoms in total. The van der Waals surface area contributed by atoms with Gasteiger partial charge >= 0.3 is 5.97 Å². The molecule has 2 aliphatic heterocycles. The van der Waals surface area contributed by atoms with E-state index in [1.807, 2.05) is 48.5 Å². The molecule has 1 fully saturated rings. The van der Waals surface area contributed by atoms with Gasteiger partial charge in [-0.15, -0.1) is 0 Å². The summed E-state index contributed by atoms with van der Waals surface area (Å²) in [7, 11) is 1.57. The van der Waals surface area contributed by atoms with Gasteiger partial charge in [0.05, 0.1) is 31.0 Å². The second kappa shape index (κ2) is 10.1. The zero-order chi connectivity index (χ0) is 23.4. The largest absolute Gasteiger partial charge is 0.493 e. The van der Waals surface area contributed by atoms with E-state index in [1.54, 1.807) is 25.9 Å². The molecule has 1 atom stereocenters. The van der Waals surface area contributed by atoms with Crippen LogP contribution in [0.1, 0.15) is 37.4 Å². The Morgan fingerprint density at radius 2 is 1.97 bits per heavy atom. The Labute approximate surface area is 197 Å². The highest BCUT2D eigenvalue weighted by Gasteiger charge is 2.41. The van der Waals surface area contributed by atoms with Crippen LogP contribution in [0.2, 0.25) is 0 Å². The fourth-order valence-electron chi connectivity index (χ4n) is 3.89. The minimum atomic E-state index is -0.645. The number of carbonyl (C=O) groups is 2. The molecule has 0 aromatic heterocycles. The van der Waals surface area contributed by atoms with E-state index in [9.17, 15) is 9.59 Å². The Morgan fingerprint density at radius 1 is 1.18 bits per heavy atom. The molecular formula is C25H26N2O5S. The summed E-state index contributed by atoms with van der Waals surface area (Å²) >= 11 is 1.51. The first-order valence-corrected chi connectivity index (χ1v) is 11.8. The van der Waals surface area contributed by atoms with Crippen LogP contribution in [0, 0.1) is 0 Å². The highest BCUT2D eigenvalue weighted by molar-refractivity contribution is 8.14. The first-order valence-electron chi connectivity index (χ1n) is 10.8. The molecule has 8 heteroatoms. The Kier molecular flexibility index (Phi) is 7.03. The van der Waals surface area contributed by atoms with Crippen molar-refractivity contribution in [3.63, 3.8) is 0 Å². The summed E-state index contributed by atoms with van der Waals surface area (Å²) in [6.07, 6.45) is 0.380. The van der Waals surface area contributed by atoms with Crippen LogP contribution in [0.3, 0.4) is 0 Å². The van der Waals surface area contributed by atoms with Crippen LogP contribution in [0.25, 0.3) is 0 Å². The molecule has 0 saturated carbocycles. The Bertz CT molecular complexity index is 1110. The van der Waals surface area contributed by atoms with E-state index in [0.29, 0.717) is 46.7 Å². The van der Waals surface area contributed by atoms with E-state index in [-0.39, 0.29) is 12.5 Å². The maximum Gasteiger partial charge on any atom is 0.338 e. The number of esters is 1. The number of thioether (sulfide) groups is 1. The molecule has 2 aromatic carbocycles. The molecule has 172 valence electrons. The van der Waals surface area contributed by atoms with Crippen molar-refractivity contribution in [2.24, 2.45) is 4.99 Å². The number of nitrogens with zero attached hydrogens (tertiary/aromatic N) is 2. The number of amidine groups is 1. The van der Waals surface area contributed by atoms with Gasteiger partial charge < -0.3 is 14.2 Å². The fourth-order valence-corrected chi connectivity index (χ4v) is 4.90. The topological polar surface area (TPSA) is 77.4 Å². The van der Waals surface area contributed by atoms with E-state index in [1.165, 1.54) is 11.8 Å². The monoisotopic (exact) mass is 466 g/mol. The number of methoxy groups -OCH3 is 1. The quantitative estimate of drug-likeness (QED) is 0.560. The highest BCUT2D eigenvalue weighted by atomic mass is 32.2. The molecule has 0 aliphatic carbocycles. The van der Waals surface area contributed by atoms with Crippen LogP contribution in [-0.2, 0) is 20.9 Å². The van der Waals surface area contributed by atoms with E-state index in [0.717, 1.165) is 11.1 Å². The zero-order valence-electron chi connectivity index (χ0n) is 18.9. The van der Waals surface area contributed by atoms with Crippen molar-refractivity contribution in [1.29, 1.82) is 0 Å². The van der Waals surface area contributed by atoms with Gasteiger partial charge in [0.2, 0.25) is 5.91 Å². The van der Waals surface area contributed by atoms with Crippen LogP contribution in [0.15, 0.2) is 64.8 Å². The third kappa shape index (κ3) is 4.75. The third-order valence-electron chi connectivity index (χ3n) is 5.44. The molecule has 2 aromatic rings. The lowest BCUT2D eigenvalue weighted by Gasteiger charge is -2.39. The summed E-state index contributed by atoms with van der Waals surface area (Å²) in [6.45, 7) is 4.16. The van der Waals surface area contributed by atoms with Crippen molar-refractivity contribution in [2.45, 2.75) is 32.9 Å². The van der Waals surface area contributed by atoms with Gasteiger partial charge in [-0.3, -0.25) is 9.69 Å². The summed E-state index contributed by atoms with van der Waals surface area (Å²) < 4.78 is 16.9. The van der Waals surface area contributed by atoms with E-state index in [4.69, 9.17) is 14.2 Å². The number of carbonyl (C=O) groups excluding carboxylic acids is 2. The predicted octanol–water partition coefficient (Wildman–Crippen LogP) is 4.49. The van der Waals surface area contributed by atoms with Crippen molar-refractivity contribution >= 4 is 28.8 Å². The lowest BCUT2D eigenvalue weighted by atomic mass is 9.94. The molecule has 0 radical (unpaired) electrons. The van der Waals surface area contributed by atoms with Crippen molar-refractivity contribution in [3.05, 3.63) is 70.9 Å². The lowest BCUT2D eigenvalue weighted by molar-refractivity contribution is -0.139. The van der Waals surface area contributed by atoms with Gasteiger partial charge in [0.15, 0.2) is 16.7 Å². The van der Waals surface area contributed by atoms with Crippen molar-refractivity contribution in [2.75, 3.05) is 19.5 Å². The van der Waals surface area contributed by atoms with Crippen LogP contribution in [0.4, 0.5) is 0 Å². The van der Waals surface area contributed by atoms with Crippen LogP contribution in [0.5, 0.6) is 11.5 Å². The maximum atomic E-state index is 12.9. The molecule has 0 spiro atoms. The van der Waals surface area contributed by atoms with Gasteiger partial charge in [0.25, 0.3) is 0 Å². The number of hydrogen-bond acceptors (Lipinski definition) is 7. The summed E-state index contributed by atoms with van der Waals surface area (Å²) in [6, 6.07) is 14.7. The standard InChI is InChI=1S/C25H26N2O5S/c1-4-31-24(29)22-16(2)26-25-27(21(28)12-13-33-25)23(22)18-10-11-19(20(14-18)30-3)32-15-17-8-6-5-7-9-17/h5-11,14,23H,4,12-13,15H2,1-3H3/t23-/m0/s1. The Morgan fingerprint density at radius 3 is 2.70 bits per heavy atom. The molecule has 0 bridgehead atoms. The fraction of sp³-hybridized carbons (Fsp3) is 0.320. The summed E-state index contributed by atoms with van der Waals surface area (Å²) in [4.78, 5) is 32.0. The summed E-state index contributed by atoms with van der Waals surface area (Å²) in [5, 5.41) is 0.602. The Hall–Kier alpha value is -3.26. The molecule has 1 saturated heterocycles. The van der Waals surface area contributed by atoms with E-state index in [2.05, 4.69) is 4.99 Å². The lowest BCUT2D eigenvalue weighted by Crippen LogP contribution is -2.45. The number of rotatable bonds is 7. The summed E-state index contributed by atoms with van der Waals surface area (Å²) in [5.41, 5.74) is 2.67. The normalized spacial score (nSPS) is 17.9. The minimum Gasteiger partial charge on any atom is -0.493 e. The zero-order valence-corrected chi connectivity index (χ0v) is 19.7. The van der Waals surface area contributed by atoms with Gasteiger partial charge in [-0.05, 0) is 37.1 Å². The number of fused-ring (bicyclic) bond motifs is 1. The van der Waals surface area contributed by atoms with Crippen LogP contribution < -0.4 is 9.47 Å². The smallest absolute Gasteiger partial charge is 0.338 e. The molecule has 2 heterocycles. The highest BCUT2D eigenvalue weighted by Crippen LogP contribution is 2.42. The number of amides is 1. The van der Waals surface area contributed by atoms with Gasteiger partial charge in [0.1, 0.15) is 6.61 Å². The van der Waals surface area contributed by atoms with Gasteiger partial charge in [0, 0.05) is 12.2 Å². The maximum absolute atomic E-state index is 12.9. The molecular weight excluding hydrogens is 440 g/mol. The van der Waals surface area contributed by atoms with E-state index >= 15 is 0 Å². The number of aliphatic imine (C=N–C) groups is 1. The second-order valence-electron chi connectivity index (χ2n) is 7.56. The number of ether oxygens (including phenoxy) is 3. The average molecular weight is 467 g/mol. The SMILES string of the molecule is CCOC(=O)C1=C(C)N=C2SCCC(=O)N2[C@H]1c1ccc(OCc2ccccc2)c(OC)c1. The van der Waals surface area contributed by atoms with E-state index < -0.39 is 12.0 Å². The summed E-state index contributed by atoms with van der Waals surface area (Å²) in [5.74, 6) is 1.21. The van der Waals surface area contributed by atoms with Gasteiger partial charge in [-0.25, -0.2) is 9.79 Å². The Balaban J connectivity index is 1.71. The third-order valence-corrected chi connectivity index (χ3v) is 6.40. The molecule has 1 amide bonds. The predicted molar refractivity (Wildman–Crippen MR) is 127 cm³/mol. The van der Waals surface area contributed by atoms with Crippen molar-refractivity contribution in [3.8, 4) is 11.5 Å². The average Bonchev–Trinajstić information content (AvgIpc) is 2.82. The van der Waals surface area contributed by atoms with Gasteiger partial charge in [-0.1, -0.05) is 48.2 Å². The van der Waals surface area contributed by atoms with Crippen molar-refractivity contribution in [1.82, 2.24) is 4.90 Å². The molecule has 4 rings (SSSR count). The molecule has 2 aliphatic rings. The number of benzene rings is 2. The molecule has 0 N–H and O–H groups in total.